The first-order valence-corrected chi connectivity index (χ1v) is 6.61. The van der Waals surface area contributed by atoms with E-state index >= 15 is 0 Å². The minimum absolute atomic E-state index is 0.248. The van der Waals surface area contributed by atoms with Gasteiger partial charge in [0.05, 0.1) is 5.56 Å². The Bertz CT molecular complexity index is 624. The highest BCUT2D eigenvalue weighted by molar-refractivity contribution is 7.99. The molecule has 0 aliphatic heterocycles. The van der Waals surface area contributed by atoms with Gasteiger partial charge in [-0.05, 0) is 55.8 Å². The second-order valence-electron chi connectivity index (χ2n) is 4.34. The third-order valence-corrected chi connectivity index (χ3v) is 3.55. The van der Waals surface area contributed by atoms with Crippen molar-refractivity contribution >= 4 is 17.7 Å². The van der Waals surface area contributed by atoms with E-state index in [0.717, 1.165) is 21.8 Å². The van der Waals surface area contributed by atoms with Gasteiger partial charge in [-0.15, -0.1) is 0 Å². The predicted molar refractivity (Wildman–Crippen MR) is 73.8 cm³/mol. The molecule has 19 heavy (non-hydrogen) atoms. The van der Waals surface area contributed by atoms with Crippen LogP contribution >= 0.6 is 11.8 Å². The molecule has 0 unspecified atom stereocenters. The van der Waals surface area contributed by atoms with Crippen LogP contribution in [0.5, 0.6) is 0 Å². The molecule has 2 rings (SSSR count). The van der Waals surface area contributed by atoms with Crippen LogP contribution in [0, 0.1) is 20.8 Å². The monoisotopic (exact) mass is 274 g/mol. The summed E-state index contributed by atoms with van der Waals surface area (Å²) in [4.78, 5) is 19.9. The zero-order valence-electron chi connectivity index (χ0n) is 11.0. The van der Waals surface area contributed by atoms with Gasteiger partial charge in [0.2, 0.25) is 0 Å². The third-order valence-electron chi connectivity index (χ3n) is 2.61. The molecule has 0 saturated heterocycles. The number of hydrogen-bond acceptors (Lipinski definition) is 4. The quantitative estimate of drug-likeness (QED) is 0.930. The molecule has 0 aliphatic carbocycles. The van der Waals surface area contributed by atoms with Gasteiger partial charge in [-0.3, -0.25) is 0 Å². The molecule has 0 aromatic carbocycles. The van der Waals surface area contributed by atoms with E-state index in [9.17, 15) is 9.90 Å². The van der Waals surface area contributed by atoms with Gasteiger partial charge in [-0.25, -0.2) is 14.8 Å². The van der Waals surface area contributed by atoms with Crippen molar-refractivity contribution in [1.29, 1.82) is 0 Å². The standard InChI is InChI=1S/C14H14N2O2S/c1-8-4-5-11(15-7-8)19-13-12(14(17)18)9(2)6-10(3)16-13/h4-7H,1-3H3,(H,17,18). The summed E-state index contributed by atoms with van der Waals surface area (Å²) in [7, 11) is 0. The van der Waals surface area contributed by atoms with Crippen molar-refractivity contribution in [2.45, 2.75) is 30.8 Å². The highest BCUT2D eigenvalue weighted by atomic mass is 32.2. The van der Waals surface area contributed by atoms with Crippen LogP contribution in [0.4, 0.5) is 0 Å². The fraction of sp³-hybridized carbons (Fsp3) is 0.214. The molecule has 0 fully saturated rings. The number of aryl methyl sites for hydroxylation is 3. The Morgan fingerprint density at radius 1 is 1.26 bits per heavy atom. The minimum atomic E-state index is -0.959. The van der Waals surface area contributed by atoms with Crippen molar-refractivity contribution in [3.8, 4) is 0 Å². The Morgan fingerprint density at radius 3 is 2.58 bits per heavy atom. The lowest BCUT2D eigenvalue weighted by atomic mass is 10.1. The fourth-order valence-electron chi connectivity index (χ4n) is 1.75. The van der Waals surface area contributed by atoms with E-state index in [1.54, 1.807) is 19.2 Å². The molecule has 0 bridgehead atoms. The van der Waals surface area contributed by atoms with E-state index in [4.69, 9.17) is 0 Å². The Hall–Kier alpha value is -1.88. The maximum Gasteiger partial charge on any atom is 0.338 e. The summed E-state index contributed by atoms with van der Waals surface area (Å²) in [5.74, 6) is -0.959. The lowest BCUT2D eigenvalue weighted by Gasteiger charge is -2.08. The lowest BCUT2D eigenvalue weighted by molar-refractivity contribution is 0.0691. The molecule has 0 saturated carbocycles. The highest BCUT2D eigenvalue weighted by Gasteiger charge is 2.17. The first-order valence-electron chi connectivity index (χ1n) is 5.79. The molecular formula is C14H14N2O2S. The number of pyridine rings is 2. The number of rotatable bonds is 3. The van der Waals surface area contributed by atoms with Crippen molar-refractivity contribution in [1.82, 2.24) is 9.97 Å². The predicted octanol–water partition coefficient (Wildman–Crippen LogP) is 3.25. The van der Waals surface area contributed by atoms with Crippen molar-refractivity contribution < 1.29 is 9.90 Å². The molecule has 2 aromatic rings. The molecule has 4 nitrogen and oxygen atoms in total. The Labute approximate surface area is 115 Å². The normalized spacial score (nSPS) is 10.5. The average Bonchev–Trinajstić information content (AvgIpc) is 2.30. The molecule has 5 heteroatoms. The average molecular weight is 274 g/mol. The van der Waals surface area contributed by atoms with E-state index in [2.05, 4.69) is 9.97 Å². The van der Waals surface area contributed by atoms with Crippen LogP contribution in [0.1, 0.15) is 27.2 Å². The van der Waals surface area contributed by atoms with E-state index in [1.807, 2.05) is 26.0 Å². The van der Waals surface area contributed by atoms with E-state index in [0.29, 0.717) is 5.03 Å². The van der Waals surface area contributed by atoms with Crippen LogP contribution in [0.15, 0.2) is 34.4 Å². The summed E-state index contributed by atoms with van der Waals surface area (Å²) in [6.07, 6.45) is 1.76. The summed E-state index contributed by atoms with van der Waals surface area (Å²) in [6, 6.07) is 5.58. The van der Waals surface area contributed by atoms with Crippen molar-refractivity contribution in [3.63, 3.8) is 0 Å². The first kappa shape index (κ1) is 13.5. The van der Waals surface area contributed by atoms with Crippen LogP contribution in [-0.2, 0) is 0 Å². The number of nitrogens with zero attached hydrogens (tertiary/aromatic N) is 2. The summed E-state index contributed by atoms with van der Waals surface area (Å²) in [5, 5.41) is 10.5. The summed E-state index contributed by atoms with van der Waals surface area (Å²) in [5.41, 5.74) is 2.83. The molecule has 0 aliphatic rings. The smallest absolute Gasteiger partial charge is 0.338 e. The van der Waals surface area contributed by atoms with Crippen molar-refractivity contribution in [2.24, 2.45) is 0 Å². The zero-order chi connectivity index (χ0) is 14.0. The Balaban J connectivity index is 2.44. The lowest BCUT2D eigenvalue weighted by Crippen LogP contribution is -2.05. The van der Waals surface area contributed by atoms with Gasteiger partial charge in [0, 0.05) is 11.9 Å². The third kappa shape index (κ3) is 3.12. The largest absolute Gasteiger partial charge is 0.478 e. The van der Waals surface area contributed by atoms with Crippen LogP contribution in [0.3, 0.4) is 0 Å². The van der Waals surface area contributed by atoms with E-state index < -0.39 is 5.97 Å². The molecule has 0 spiro atoms. The number of aromatic nitrogens is 2. The molecule has 0 radical (unpaired) electrons. The van der Waals surface area contributed by atoms with Gasteiger partial charge in [0.1, 0.15) is 10.1 Å². The van der Waals surface area contributed by atoms with Crippen molar-refractivity contribution in [3.05, 3.63) is 46.8 Å². The zero-order valence-corrected chi connectivity index (χ0v) is 11.8. The SMILES string of the molecule is Cc1ccc(Sc2nc(C)cc(C)c2C(=O)O)nc1. The maximum atomic E-state index is 11.3. The van der Waals surface area contributed by atoms with Gasteiger partial charge in [0.25, 0.3) is 0 Å². The van der Waals surface area contributed by atoms with Crippen LogP contribution in [0.2, 0.25) is 0 Å². The Kier molecular flexibility index (Phi) is 3.85. The topological polar surface area (TPSA) is 63.1 Å². The molecule has 0 amide bonds. The van der Waals surface area contributed by atoms with Crippen molar-refractivity contribution in [2.75, 3.05) is 0 Å². The van der Waals surface area contributed by atoms with Gasteiger partial charge in [-0.2, -0.15) is 0 Å². The number of carboxylic acids is 1. The molecular weight excluding hydrogens is 260 g/mol. The minimum Gasteiger partial charge on any atom is -0.478 e. The number of hydrogen-bond donors (Lipinski definition) is 1. The molecule has 98 valence electrons. The highest BCUT2D eigenvalue weighted by Crippen LogP contribution is 2.29. The number of carboxylic acid groups (broad SMARTS) is 1. The van der Waals surface area contributed by atoms with Crippen LogP contribution in [-0.4, -0.2) is 21.0 Å². The second-order valence-corrected chi connectivity index (χ2v) is 5.35. The van der Waals surface area contributed by atoms with Crippen LogP contribution in [0.25, 0.3) is 0 Å². The molecule has 0 atom stereocenters. The van der Waals surface area contributed by atoms with Crippen LogP contribution < -0.4 is 0 Å². The molecule has 1 N–H and O–H groups in total. The fourth-order valence-corrected chi connectivity index (χ4v) is 2.73. The summed E-state index contributed by atoms with van der Waals surface area (Å²) < 4.78 is 0. The van der Waals surface area contributed by atoms with Gasteiger partial charge < -0.3 is 5.11 Å². The number of carbonyl (C=O) groups is 1. The van der Waals surface area contributed by atoms with E-state index in [-0.39, 0.29) is 5.56 Å². The molecule has 2 heterocycles. The second kappa shape index (κ2) is 5.40. The molecule has 2 aromatic heterocycles. The van der Waals surface area contributed by atoms with Gasteiger partial charge >= 0.3 is 5.97 Å². The number of aromatic carboxylic acids is 1. The van der Waals surface area contributed by atoms with Gasteiger partial charge in [-0.1, -0.05) is 6.07 Å². The maximum absolute atomic E-state index is 11.3. The summed E-state index contributed by atoms with van der Waals surface area (Å²) in [6.45, 7) is 5.59. The summed E-state index contributed by atoms with van der Waals surface area (Å²) >= 11 is 1.28. The Morgan fingerprint density at radius 2 is 2.00 bits per heavy atom. The van der Waals surface area contributed by atoms with E-state index in [1.165, 1.54) is 11.8 Å². The van der Waals surface area contributed by atoms with Gasteiger partial charge in [0.15, 0.2) is 0 Å². The first-order chi connectivity index (χ1) is 8.97.